The average Bonchev–Trinajstić information content (AvgIpc) is 2.87. The second kappa shape index (κ2) is 6.31. The predicted molar refractivity (Wildman–Crippen MR) is 86.4 cm³/mol. The molecular weight excluding hydrogens is 310 g/mol. The van der Waals surface area contributed by atoms with Crippen molar-refractivity contribution in [3.63, 3.8) is 0 Å². The van der Waals surface area contributed by atoms with Crippen LogP contribution in [-0.4, -0.2) is 22.8 Å². The number of nitrogens with one attached hydrogen (secondary N) is 1. The molecule has 2 aromatic rings. The van der Waals surface area contributed by atoms with E-state index >= 15 is 0 Å². The molecule has 0 radical (unpaired) electrons. The Labute approximate surface area is 138 Å². The minimum absolute atomic E-state index is 0.0228. The molecule has 6 heteroatoms. The third-order valence-electron chi connectivity index (χ3n) is 4.08. The number of carboxylic acids is 1. The van der Waals surface area contributed by atoms with Crippen LogP contribution in [0.1, 0.15) is 50.6 Å². The monoisotopic (exact) mass is 327 g/mol. The van der Waals surface area contributed by atoms with Crippen molar-refractivity contribution in [2.45, 2.75) is 32.6 Å². The molecule has 0 bridgehead atoms. The summed E-state index contributed by atoms with van der Waals surface area (Å²) >= 11 is 0. The molecule has 1 amide bonds. The summed E-state index contributed by atoms with van der Waals surface area (Å²) in [7, 11) is 0. The van der Waals surface area contributed by atoms with Crippen molar-refractivity contribution in [1.82, 2.24) is 0 Å². The minimum atomic E-state index is -0.909. The third kappa shape index (κ3) is 3.08. The van der Waals surface area contributed by atoms with Gasteiger partial charge in [-0.05, 0) is 31.0 Å². The first-order valence-corrected chi connectivity index (χ1v) is 7.73. The van der Waals surface area contributed by atoms with Crippen LogP contribution < -0.4 is 5.32 Å². The number of rotatable bonds is 4. The van der Waals surface area contributed by atoms with E-state index in [2.05, 4.69) is 5.32 Å². The smallest absolute Gasteiger partial charge is 0.307 e. The molecule has 124 valence electrons. The van der Waals surface area contributed by atoms with Gasteiger partial charge in [0.05, 0.1) is 12.0 Å². The van der Waals surface area contributed by atoms with E-state index in [1.807, 2.05) is 0 Å². The van der Waals surface area contributed by atoms with Crippen LogP contribution in [0.15, 0.2) is 28.7 Å². The van der Waals surface area contributed by atoms with Crippen LogP contribution >= 0.6 is 0 Å². The van der Waals surface area contributed by atoms with Crippen LogP contribution in [0, 0.1) is 6.92 Å². The highest BCUT2D eigenvalue weighted by atomic mass is 16.4. The molecule has 1 aliphatic carbocycles. The van der Waals surface area contributed by atoms with E-state index in [4.69, 9.17) is 9.52 Å². The Morgan fingerprint density at radius 2 is 1.92 bits per heavy atom. The van der Waals surface area contributed by atoms with Crippen LogP contribution in [0.4, 0.5) is 5.69 Å². The lowest BCUT2D eigenvalue weighted by Crippen LogP contribution is -2.13. The number of aryl methyl sites for hydroxylation is 1. The number of hydrogen-bond donors (Lipinski definition) is 2. The summed E-state index contributed by atoms with van der Waals surface area (Å²) in [6, 6.07) is 6.57. The minimum Gasteiger partial charge on any atom is -0.481 e. The molecule has 1 heterocycles. The second-order valence-electron chi connectivity index (χ2n) is 5.85. The zero-order chi connectivity index (χ0) is 17.3. The van der Waals surface area contributed by atoms with Gasteiger partial charge in [-0.15, -0.1) is 0 Å². The second-order valence-corrected chi connectivity index (χ2v) is 5.85. The zero-order valence-electron chi connectivity index (χ0n) is 13.2. The highest BCUT2D eigenvalue weighted by Crippen LogP contribution is 2.29. The van der Waals surface area contributed by atoms with E-state index < -0.39 is 11.9 Å². The maximum atomic E-state index is 12.4. The van der Waals surface area contributed by atoms with E-state index in [1.54, 1.807) is 31.2 Å². The van der Waals surface area contributed by atoms with Gasteiger partial charge in [0.1, 0.15) is 5.76 Å². The standard InChI is InChI=1S/C18H17NO5/c1-10-16-13(20)3-2-4-14(16)24-17(10)18(23)19-12-7-5-11(6-8-12)9-15(21)22/h5-8H,2-4,9H2,1H3,(H,19,23)(H,21,22). The first-order valence-electron chi connectivity index (χ1n) is 7.73. The van der Waals surface area contributed by atoms with Gasteiger partial charge in [0.2, 0.25) is 0 Å². The Morgan fingerprint density at radius 1 is 1.21 bits per heavy atom. The number of anilines is 1. The number of carboxylic acid groups (broad SMARTS) is 1. The van der Waals surface area contributed by atoms with Gasteiger partial charge in [0.15, 0.2) is 11.5 Å². The number of furan rings is 1. The van der Waals surface area contributed by atoms with Crippen molar-refractivity contribution in [2.75, 3.05) is 5.32 Å². The van der Waals surface area contributed by atoms with Crippen molar-refractivity contribution in [2.24, 2.45) is 0 Å². The number of amides is 1. The number of carbonyl (C=O) groups excluding carboxylic acids is 2. The van der Waals surface area contributed by atoms with Crippen LogP contribution in [0.5, 0.6) is 0 Å². The summed E-state index contributed by atoms with van der Waals surface area (Å²) in [6.07, 6.45) is 1.82. The third-order valence-corrected chi connectivity index (χ3v) is 4.08. The first-order chi connectivity index (χ1) is 11.5. The number of ketones is 1. The summed E-state index contributed by atoms with van der Waals surface area (Å²) in [5.41, 5.74) is 2.31. The molecule has 0 saturated carbocycles. The lowest BCUT2D eigenvalue weighted by molar-refractivity contribution is -0.136. The Bertz CT molecular complexity index is 817. The Kier molecular flexibility index (Phi) is 4.20. The predicted octanol–water partition coefficient (Wildman–Crippen LogP) is 2.99. The molecule has 3 rings (SSSR count). The molecular formula is C18H17NO5. The van der Waals surface area contributed by atoms with Crippen LogP contribution in [0.2, 0.25) is 0 Å². The van der Waals surface area contributed by atoms with E-state index in [0.29, 0.717) is 41.0 Å². The molecule has 1 aliphatic rings. The summed E-state index contributed by atoms with van der Waals surface area (Å²) in [5, 5.41) is 11.5. The van der Waals surface area contributed by atoms with Crippen molar-refractivity contribution in [3.8, 4) is 0 Å². The van der Waals surface area contributed by atoms with Gasteiger partial charge in [-0.25, -0.2) is 0 Å². The maximum Gasteiger partial charge on any atom is 0.307 e. The fraction of sp³-hybridized carbons (Fsp3) is 0.278. The Hall–Kier alpha value is -2.89. The van der Waals surface area contributed by atoms with Gasteiger partial charge >= 0.3 is 5.97 Å². The van der Waals surface area contributed by atoms with E-state index in [9.17, 15) is 14.4 Å². The lowest BCUT2D eigenvalue weighted by atomic mass is 9.94. The van der Waals surface area contributed by atoms with E-state index in [0.717, 1.165) is 6.42 Å². The Balaban J connectivity index is 1.78. The molecule has 0 fully saturated rings. The van der Waals surface area contributed by atoms with Crippen molar-refractivity contribution in [3.05, 3.63) is 52.5 Å². The van der Waals surface area contributed by atoms with Gasteiger partial charge in [0, 0.05) is 24.1 Å². The highest BCUT2D eigenvalue weighted by Gasteiger charge is 2.28. The van der Waals surface area contributed by atoms with Crippen LogP contribution in [-0.2, 0) is 17.6 Å². The average molecular weight is 327 g/mol. The fourth-order valence-corrected chi connectivity index (χ4v) is 2.93. The van der Waals surface area contributed by atoms with Crippen LogP contribution in [0.25, 0.3) is 0 Å². The maximum absolute atomic E-state index is 12.4. The lowest BCUT2D eigenvalue weighted by Gasteiger charge is -2.07. The molecule has 0 saturated heterocycles. The SMILES string of the molecule is Cc1c(C(=O)Nc2ccc(CC(=O)O)cc2)oc2c1C(=O)CCC2. The molecule has 0 unspecified atom stereocenters. The number of hydrogen-bond acceptors (Lipinski definition) is 4. The van der Waals surface area contributed by atoms with Gasteiger partial charge in [-0.1, -0.05) is 12.1 Å². The molecule has 1 aromatic carbocycles. The summed E-state index contributed by atoms with van der Waals surface area (Å²) < 4.78 is 5.61. The quantitative estimate of drug-likeness (QED) is 0.900. The summed E-state index contributed by atoms with van der Waals surface area (Å²) in [6.45, 7) is 1.72. The fourth-order valence-electron chi connectivity index (χ4n) is 2.93. The van der Waals surface area contributed by atoms with Gasteiger partial charge in [-0.2, -0.15) is 0 Å². The number of fused-ring (bicyclic) bond motifs is 1. The van der Waals surface area contributed by atoms with Gasteiger partial charge in [-0.3, -0.25) is 14.4 Å². The Morgan fingerprint density at radius 3 is 2.54 bits per heavy atom. The number of carbonyl (C=O) groups is 3. The molecule has 2 N–H and O–H groups in total. The molecule has 1 aromatic heterocycles. The van der Waals surface area contributed by atoms with Gasteiger partial charge < -0.3 is 14.8 Å². The normalized spacial score (nSPS) is 13.5. The molecule has 24 heavy (non-hydrogen) atoms. The van der Waals surface area contributed by atoms with Crippen molar-refractivity contribution >= 4 is 23.3 Å². The first kappa shape index (κ1) is 16.0. The number of aliphatic carboxylic acids is 1. The van der Waals surface area contributed by atoms with Crippen molar-refractivity contribution < 1.29 is 23.9 Å². The largest absolute Gasteiger partial charge is 0.481 e. The topological polar surface area (TPSA) is 96.6 Å². The number of benzene rings is 1. The van der Waals surface area contributed by atoms with Crippen LogP contribution in [0.3, 0.4) is 0 Å². The zero-order valence-corrected chi connectivity index (χ0v) is 13.2. The van der Waals surface area contributed by atoms with E-state index in [-0.39, 0.29) is 18.0 Å². The summed E-state index contributed by atoms with van der Waals surface area (Å²) in [4.78, 5) is 35.1. The molecule has 0 aliphatic heterocycles. The number of Topliss-reactive ketones (excluding diaryl/α,β-unsaturated/α-hetero) is 1. The molecule has 0 spiro atoms. The summed E-state index contributed by atoms with van der Waals surface area (Å²) in [5.74, 6) is -0.556. The highest BCUT2D eigenvalue weighted by molar-refractivity contribution is 6.07. The van der Waals surface area contributed by atoms with E-state index in [1.165, 1.54) is 0 Å². The van der Waals surface area contributed by atoms with Crippen molar-refractivity contribution in [1.29, 1.82) is 0 Å². The molecule has 6 nitrogen and oxygen atoms in total. The molecule has 0 atom stereocenters. The van der Waals surface area contributed by atoms with Gasteiger partial charge in [0.25, 0.3) is 5.91 Å².